The highest BCUT2D eigenvalue weighted by Crippen LogP contribution is 2.17. The Kier molecular flexibility index (Phi) is 4.18. The van der Waals surface area contributed by atoms with Crippen LogP contribution in [0.25, 0.3) is 10.9 Å². The lowest BCUT2D eigenvalue weighted by molar-refractivity contribution is 0.102. The lowest BCUT2D eigenvalue weighted by Crippen LogP contribution is -2.34. The van der Waals surface area contributed by atoms with Gasteiger partial charge in [-0.2, -0.15) is 0 Å². The molecule has 6 nitrogen and oxygen atoms in total. The predicted octanol–water partition coefficient (Wildman–Crippen LogP) is 2.24. The van der Waals surface area contributed by atoms with Crippen LogP contribution in [0.15, 0.2) is 46.0 Å². The number of hydrogen-bond donors (Lipinski definition) is 2. The van der Waals surface area contributed by atoms with Crippen LogP contribution in [0.2, 0.25) is 0 Å². The number of nitrogens with zero attached hydrogens (tertiary/aromatic N) is 1. The fourth-order valence-electron chi connectivity index (χ4n) is 2.47. The molecule has 2 aromatic carbocycles. The number of fused-ring (bicyclic) bond motifs is 1. The first-order valence-electron chi connectivity index (χ1n) is 7.44. The molecule has 0 saturated heterocycles. The van der Waals surface area contributed by atoms with Crippen molar-refractivity contribution in [2.45, 2.75) is 13.5 Å². The number of aromatic amines is 1. The molecule has 0 bridgehead atoms. The van der Waals surface area contributed by atoms with Crippen molar-refractivity contribution in [3.8, 4) is 0 Å². The molecule has 0 aliphatic carbocycles. The Morgan fingerprint density at radius 1 is 1.16 bits per heavy atom. The van der Waals surface area contributed by atoms with Crippen LogP contribution in [0.4, 0.5) is 14.5 Å². The molecule has 1 amide bonds. The summed E-state index contributed by atoms with van der Waals surface area (Å²) >= 11 is 0. The predicted molar refractivity (Wildman–Crippen MR) is 88.8 cm³/mol. The zero-order valence-corrected chi connectivity index (χ0v) is 13.1. The number of anilines is 1. The number of halogens is 2. The maximum atomic E-state index is 13.6. The highest BCUT2D eigenvalue weighted by molar-refractivity contribution is 6.06. The average Bonchev–Trinajstić information content (AvgIpc) is 2.57. The summed E-state index contributed by atoms with van der Waals surface area (Å²) in [6.45, 7) is 1.89. The van der Waals surface area contributed by atoms with Gasteiger partial charge in [0.15, 0.2) is 0 Å². The van der Waals surface area contributed by atoms with Gasteiger partial charge in [-0.1, -0.05) is 0 Å². The van der Waals surface area contributed by atoms with Gasteiger partial charge in [0.2, 0.25) is 0 Å². The first-order valence-corrected chi connectivity index (χ1v) is 7.44. The van der Waals surface area contributed by atoms with Gasteiger partial charge in [0, 0.05) is 18.2 Å². The first-order chi connectivity index (χ1) is 11.9. The lowest BCUT2D eigenvalue weighted by Gasteiger charge is -2.08. The minimum Gasteiger partial charge on any atom is -0.319 e. The minimum atomic E-state index is -0.909. The third-order valence-corrected chi connectivity index (χ3v) is 3.74. The summed E-state index contributed by atoms with van der Waals surface area (Å²) in [4.78, 5) is 38.8. The van der Waals surface area contributed by atoms with E-state index in [1.54, 1.807) is 6.92 Å². The number of rotatable bonds is 3. The quantitative estimate of drug-likeness (QED) is 0.764. The van der Waals surface area contributed by atoms with Gasteiger partial charge < -0.3 is 10.3 Å². The van der Waals surface area contributed by atoms with E-state index in [4.69, 9.17) is 0 Å². The molecular formula is C17H13F2N3O3. The van der Waals surface area contributed by atoms with Crippen LogP contribution in [0.5, 0.6) is 0 Å². The molecule has 0 radical (unpaired) electrons. The fourth-order valence-corrected chi connectivity index (χ4v) is 2.47. The van der Waals surface area contributed by atoms with Gasteiger partial charge in [-0.3, -0.25) is 14.2 Å². The Hall–Kier alpha value is -3.29. The van der Waals surface area contributed by atoms with Crippen molar-refractivity contribution in [3.63, 3.8) is 0 Å². The van der Waals surface area contributed by atoms with Crippen molar-refractivity contribution in [3.05, 3.63) is 74.4 Å². The number of carbonyl (C=O) groups excluding carboxylic acids is 1. The summed E-state index contributed by atoms with van der Waals surface area (Å²) in [5.41, 5.74) is -0.909. The largest absolute Gasteiger partial charge is 0.328 e. The van der Waals surface area contributed by atoms with Crippen molar-refractivity contribution >= 4 is 22.5 Å². The van der Waals surface area contributed by atoms with Crippen molar-refractivity contribution in [1.82, 2.24) is 9.55 Å². The van der Waals surface area contributed by atoms with Gasteiger partial charge in [-0.05, 0) is 37.3 Å². The molecule has 0 spiro atoms. The Morgan fingerprint density at radius 3 is 2.60 bits per heavy atom. The molecule has 0 unspecified atom stereocenters. The van der Waals surface area contributed by atoms with E-state index in [0.717, 1.165) is 16.7 Å². The van der Waals surface area contributed by atoms with Crippen LogP contribution < -0.4 is 16.6 Å². The molecule has 2 N–H and O–H groups in total. The topological polar surface area (TPSA) is 84.0 Å². The molecule has 25 heavy (non-hydrogen) atoms. The smallest absolute Gasteiger partial charge is 0.319 e. The monoisotopic (exact) mass is 345 g/mol. The summed E-state index contributed by atoms with van der Waals surface area (Å²) < 4.78 is 27.6. The zero-order valence-electron chi connectivity index (χ0n) is 13.1. The molecule has 128 valence electrons. The SMILES string of the molecule is CCn1c(=O)[nH]c2cc(C(=O)Nc3ccc(F)cc3F)ccc2c1=O. The molecular weight excluding hydrogens is 332 g/mol. The van der Waals surface area contributed by atoms with E-state index in [0.29, 0.717) is 6.07 Å². The number of H-pyrrole nitrogens is 1. The third kappa shape index (κ3) is 3.06. The lowest BCUT2D eigenvalue weighted by atomic mass is 10.1. The Balaban J connectivity index is 2.00. The van der Waals surface area contributed by atoms with Gasteiger partial charge in [0.25, 0.3) is 11.5 Å². The second-order valence-corrected chi connectivity index (χ2v) is 5.32. The van der Waals surface area contributed by atoms with Crippen molar-refractivity contribution in [2.24, 2.45) is 0 Å². The molecule has 3 aromatic rings. The summed E-state index contributed by atoms with van der Waals surface area (Å²) in [6, 6.07) is 6.90. The van der Waals surface area contributed by atoms with Crippen LogP contribution in [0.3, 0.4) is 0 Å². The first kappa shape index (κ1) is 16.6. The molecule has 0 saturated carbocycles. The van der Waals surface area contributed by atoms with E-state index in [1.165, 1.54) is 18.2 Å². The standard InChI is InChI=1S/C17H13F2N3O3/c1-2-22-16(24)11-5-3-9(7-14(11)21-17(22)25)15(23)20-13-6-4-10(18)8-12(13)19/h3-8H,2H2,1H3,(H,20,23)(H,21,25). The second kappa shape index (κ2) is 6.31. The van der Waals surface area contributed by atoms with E-state index >= 15 is 0 Å². The molecule has 1 heterocycles. The van der Waals surface area contributed by atoms with Crippen LogP contribution in [-0.4, -0.2) is 15.5 Å². The van der Waals surface area contributed by atoms with Crippen LogP contribution in [-0.2, 0) is 6.54 Å². The van der Waals surface area contributed by atoms with Gasteiger partial charge in [-0.15, -0.1) is 0 Å². The van der Waals surface area contributed by atoms with Gasteiger partial charge in [0.05, 0.1) is 16.6 Å². The highest BCUT2D eigenvalue weighted by Gasteiger charge is 2.13. The number of hydrogen-bond acceptors (Lipinski definition) is 3. The van der Waals surface area contributed by atoms with E-state index in [1.807, 2.05) is 0 Å². The Morgan fingerprint density at radius 2 is 1.92 bits per heavy atom. The summed E-state index contributed by atoms with van der Waals surface area (Å²) in [7, 11) is 0. The zero-order chi connectivity index (χ0) is 18.1. The highest BCUT2D eigenvalue weighted by atomic mass is 19.1. The normalized spacial score (nSPS) is 10.8. The molecule has 1 aromatic heterocycles. The van der Waals surface area contributed by atoms with Gasteiger partial charge in [-0.25, -0.2) is 13.6 Å². The van der Waals surface area contributed by atoms with Gasteiger partial charge in [0.1, 0.15) is 11.6 Å². The maximum absolute atomic E-state index is 13.6. The van der Waals surface area contributed by atoms with Crippen LogP contribution >= 0.6 is 0 Å². The van der Waals surface area contributed by atoms with E-state index in [9.17, 15) is 23.2 Å². The molecule has 0 aliphatic rings. The number of aromatic nitrogens is 2. The summed E-state index contributed by atoms with van der Waals surface area (Å²) in [6.07, 6.45) is 0. The van der Waals surface area contributed by atoms with E-state index < -0.39 is 28.8 Å². The molecule has 0 fully saturated rings. The van der Waals surface area contributed by atoms with E-state index in [-0.39, 0.29) is 28.7 Å². The van der Waals surface area contributed by atoms with Crippen LogP contribution in [0.1, 0.15) is 17.3 Å². The van der Waals surface area contributed by atoms with Gasteiger partial charge >= 0.3 is 5.69 Å². The molecule has 0 aliphatic heterocycles. The number of benzene rings is 2. The minimum absolute atomic E-state index is 0.112. The number of nitrogens with one attached hydrogen (secondary N) is 2. The fraction of sp³-hybridized carbons (Fsp3) is 0.118. The van der Waals surface area contributed by atoms with Crippen molar-refractivity contribution < 1.29 is 13.6 Å². The van der Waals surface area contributed by atoms with Crippen molar-refractivity contribution in [1.29, 1.82) is 0 Å². The Labute approximate surface area is 139 Å². The molecule has 8 heteroatoms. The molecule has 3 rings (SSSR count). The average molecular weight is 345 g/mol. The summed E-state index contributed by atoms with van der Waals surface area (Å²) in [5, 5.41) is 2.57. The maximum Gasteiger partial charge on any atom is 0.328 e. The van der Waals surface area contributed by atoms with Crippen LogP contribution in [0, 0.1) is 11.6 Å². The third-order valence-electron chi connectivity index (χ3n) is 3.74. The van der Waals surface area contributed by atoms with E-state index in [2.05, 4.69) is 10.3 Å². The number of amides is 1. The van der Waals surface area contributed by atoms with Crippen molar-refractivity contribution in [2.75, 3.05) is 5.32 Å². The summed E-state index contributed by atoms with van der Waals surface area (Å²) in [5.74, 6) is -2.33. The molecule has 0 atom stereocenters. The Bertz CT molecular complexity index is 1100. The number of carbonyl (C=O) groups is 1. The second-order valence-electron chi connectivity index (χ2n) is 5.32.